The lowest BCUT2D eigenvalue weighted by Gasteiger charge is -2.01. The first-order chi connectivity index (χ1) is 3.83. The molecular weight excluding hydrogens is 104 g/mol. The van der Waals surface area contributed by atoms with E-state index in [2.05, 4.69) is 5.32 Å². The second kappa shape index (κ2) is 2.24. The quantitative estimate of drug-likeness (QED) is 0.410. The number of aliphatic hydroxyl groups is 1. The molecule has 1 fully saturated rings. The van der Waals surface area contributed by atoms with Gasteiger partial charge < -0.3 is 10.5 Å². The molecule has 1 aliphatic rings. The maximum absolute atomic E-state index is 8.82. The first-order valence-electron chi connectivity index (χ1n) is 2.77. The van der Waals surface area contributed by atoms with Gasteiger partial charge in [-0.2, -0.15) is 0 Å². The number of hydrogen-bond donors (Lipinski definition) is 3. The zero-order valence-corrected chi connectivity index (χ0v) is 4.59. The summed E-state index contributed by atoms with van der Waals surface area (Å²) >= 11 is 0. The van der Waals surface area contributed by atoms with Crippen molar-refractivity contribution in [3.05, 3.63) is 0 Å². The minimum absolute atomic E-state index is 0.116. The third-order valence-electron chi connectivity index (χ3n) is 1.36. The maximum Gasteiger partial charge on any atom is 0.105 e. The second-order valence-corrected chi connectivity index (χ2v) is 2.03. The highest BCUT2D eigenvalue weighted by atomic mass is 16.3. The molecule has 2 atom stereocenters. The number of rotatable bonds is 1. The lowest BCUT2D eigenvalue weighted by Crippen LogP contribution is -2.29. The third-order valence-corrected chi connectivity index (χ3v) is 1.36. The van der Waals surface area contributed by atoms with Crippen LogP contribution < -0.4 is 5.32 Å². The topological polar surface area (TPSA) is 56.1 Å². The van der Waals surface area contributed by atoms with Crippen LogP contribution in [0.3, 0.4) is 0 Å². The highest BCUT2D eigenvalue weighted by Gasteiger charge is 2.18. The molecule has 1 heterocycles. The van der Waals surface area contributed by atoms with E-state index in [1.807, 2.05) is 0 Å². The highest BCUT2D eigenvalue weighted by molar-refractivity contribution is 5.61. The summed E-state index contributed by atoms with van der Waals surface area (Å²) in [5.41, 5.74) is 0. The zero-order chi connectivity index (χ0) is 5.98. The molecule has 1 saturated heterocycles. The fraction of sp³-hybridized carbons (Fsp3) is 0.800. The van der Waals surface area contributed by atoms with Crippen LogP contribution in [-0.2, 0) is 0 Å². The summed E-state index contributed by atoms with van der Waals surface area (Å²) in [6.07, 6.45) is 2.63. The van der Waals surface area contributed by atoms with E-state index in [1.54, 1.807) is 0 Å². The average molecular weight is 114 g/mol. The molecule has 0 radical (unpaired) electrons. The molecule has 0 aromatic carbocycles. The summed E-state index contributed by atoms with van der Waals surface area (Å²) in [5, 5.41) is 18.4. The molecule has 8 heavy (non-hydrogen) atoms. The van der Waals surface area contributed by atoms with Crippen molar-refractivity contribution in [2.75, 3.05) is 0 Å². The lowest BCUT2D eigenvalue weighted by atomic mass is 10.2. The van der Waals surface area contributed by atoms with Gasteiger partial charge in [-0.05, 0) is 12.8 Å². The Labute approximate surface area is 48.2 Å². The van der Waals surface area contributed by atoms with Gasteiger partial charge in [0, 0.05) is 12.3 Å². The molecule has 0 aromatic heterocycles. The van der Waals surface area contributed by atoms with Gasteiger partial charge in [-0.1, -0.05) is 0 Å². The van der Waals surface area contributed by atoms with Crippen LogP contribution in [0.2, 0.25) is 0 Å². The van der Waals surface area contributed by atoms with Crippen LogP contribution >= 0.6 is 0 Å². The SMILES string of the molecule is N=C[C@@H]1CCC(O)N1. The molecule has 0 bridgehead atoms. The first kappa shape index (κ1) is 5.72. The molecule has 0 saturated carbocycles. The second-order valence-electron chi connectivity index (χ2n) is 2.03. The molecule has 46 valence electrons. The van der Waals surface area contributed by atoms with E-state index in [0.29, 0.717) is 0 Å². The molecule has 3 N–H and O–H groups in total. The number of hydrogen-bond acceptors (Lipinski definition) is 3. The summed E-state index contributed by atoms with van der Waals surface area (Å²) in [6.45, 7) is 0. The van der Waals surface area contributed by atoms with Crippen molar-refractivity contribution < 1.29 is 5.11 Å². The third kappa shape index (κ3) is 1.05. The van der Waals surface area contributed by atoms with Gasteiger partial charge in [-0.3, -0.25) is 5.32 Å². The molecule has 1 rings (SSSR count). The average Bonchev–Trinajstić information content (AvgIpc) is 2.14. The Balaban J connectivity index is 2.32. The normalized spacial score (nSPS) is 37.6. The standard InChI is InChI=1S/C5H10N2O/c6-3-4-1-2-5(8)7-4/h3-8H,1-2H2/t4-,5?/m0/s1. The van der Waals surface area contributed by atoms with E-state index in [1.165, 1.54) is 6.21 Å². The molecule has 0 spiro atoms. The maximum atomic E-state index is 8.82. The zero-order valence-electron chi connectivity index (χ0n) is 4.59. The summed E-state index contributed by atoms with van der Waals surface area (Å²) in [6, 6.07) is 0.116. The Morgan fingerprint density at radius 2 is 2.38 bits per heavy atom. The van der Waals surface area contributed by atoms with Gasteiger partial charge in [-0.15, -0.1) is 0 Å². The van der Waals surface area contributed by atoms with Gasteiger partial charge in [0.2, 0.25) is 0 Å². The minimum Gasteiger partial charge on any atom is -0.379 e. The van der Waals surface area contributed by atoms with Crippen LogP contribution in [-0.4, -0.2) is 23.6 Å². The fourth-order valence-electron chi connectivity index (χ4n) is 0.883. The van der Waals surface area contributed by atoms with E-state index in [9.17, 15) is 0 Å². The molecule has 0 aliphatic carbocycles. The summed E-state index contributed by atoms with van der Waals surface area (Å²) in [5.74, 6) is 0. The summed E-state index contributed by atoms with van der Waals surface area (Å²) < 4.78 is 0. The summed E-state index contributed by atoms with van der Waals surface area (Å²) in [4.78, 5) is 0. The predicted molar refractivity (Wildman–Crippen MR) is 30.9 cm³/mol. The van der Waals surface area contributed by atoms with Gasteiger partial charge in [0.15, 0.2) is 0 Å². The van der Waals surface area contributed by atoms with Gasteiger partial charge in [0.1, 0.15) is 6.23 Å². The molecule has 1 unspecified atom stereocenters. The minimum atomic E-state index is -0.374. The molecular formula is C5H10N2O. The van der Waals surface area contributed by atoms with E-state index in [4.69, 9.17) is 10.5 Å². The van der Waals surface area contributed by atoms with Gasteiger partial charge in [-0.25, -0.2) is 0 Å². The Morgan fingerprint density at radius 1 is 1.62 bits per heavy atom. The number of nitrogens with one attached hydrogen (secondary N) is 2. The molecule has 0 amide bonds. The largest absolute Gasteiger partial charge is 0.379 e. The van der Waals surface area contributed by atoms with Gasteiger partial charge >= 0.3 is 0 Å². The van der Waals surface area contributed by atoms with Crippen LogP contribution in [0.4, 0.5) is 0 Å². The van der Waals surface area contributed by atoms with Crippen molar-refractivity contribution in [2.45, 2.75) is 25.1 Å². The van der Waals surface area contributed by atoms with Crippen LogP contribution in [0.25, 0.3) is 0 Å². The van der Waals surface area contributed by atoms with Crippen molar-refractivity contribution in [3.63, 3.8) is 0 Å². The Morgan fingerprint density at radius 3 is 2.62 bits per heavy atom. The van der Waals surface area contributed by atoms with Crippen molar-refractivity contribution in [2.24, 2.45) is 0 Å². The Hall–Kier alpha value is -0.410. The molecule has 3 nitrogen and oxygen atoms in total. The van der Waals surface area contributed by atoms with Crippen molar-refractivity contribution in [3.8, 4) is 0 Å². The van der Waals surface area contributed by atoms with E-state index in [0.717, 1.165) is 12.8 Å². The summed E-state index contributed by atoms with van der Waals surface area (Å²) in [7, 11) is 0. The van der Waals surface area contributed by atoms with E-state index < -0.39 is 0 Å². The van der Waals surface area contributed by atoms with Gasteiger partial charge in [0.05, 0.1) is 0 Å². The smallest absolute Gasteiger partial charge is 0.105 e. The van der Waals surface area contributed by atoms with Crippen molar-refractivity contribution >= 4 is 6.21 Å². The predicted octanol–water partition coefficient (Wildman–Crippen LogP) is -0.294. The van der Waals surface area contributed by atoms with Crippen molar-refractivity contribution in [1.29, 1.82) is 5.41 Å². The first-order valence-corrected chi connectivity index (χ1v) is 2.77. The van der Waals surface area contributed by atoms with Crippen LogP contribution in [0, 0.1) is 5.41 Å². The Kier molecular flexibility index (Phi) is 1.60. The van der Waals surface area contributed by atoms with E-state index >= 15 is 0 Å². The number of aliphatic hydroxyl groups excluding tert-OH is 1. The Bertz CT molecular complexity index is 94.4. The van der Waals surface area contributed by atoms with Crippen LogP contribution in [0.5, 0.6) is 0 Å². The van der Waals surface area contributed by atoms with Gasteiger partial charge in [0.25, 0.3) is 0 Å². The highest BCUT2D eigenvalue weighted by Crippen LogP contribution is 2.06. The molecule has 1 aliphatic heterocycles. The van der Waals surface area contributed by atoms with E-state index in [-0.39, 0.29) is 12.3 Å². The lowest BCUT2D eigenvalue weighted by molar-refractivity contribution is 0.158. The molecule has 3 heteroatoms. The van der Waals surface area contributed by atoms with Crippen LogP contribution in [0.1, 0.15) is 12.8 Å². The van der Waals surface area contributed by atoms with Crippen molar-refractivity contribution in [1.82, 2.24) is 5.32 Å². The fourth-order valence-corrected chi connectivity index (χ4v) is 0.883. The monoisotopic (exact) mass is 114 g/mol. The van der Waals surface area contributed by atoms with Crippen LogP contribution in [0.15, 0.2) is 0 Å². The molecule has 0 aromatic rings.